The third-order valence-corrected chi connectivity index (χ3v) is 5.96. The van der Waals surface area contributed by atoms with E-state index in [0.29, 0.717) is 36.1 Å². The van der Waals surface area contributed by atoms with Crippen molar-refractivity contribution in [1.82, 2.24) is 15.1 Å². The first-order valence-electron chi connectivity index (χ1n) is 10.9. The van der Waals surface area contributed by atoms with Crippen molar-refractivity contribution in [1.29, 1.82) is 0 Å². The van der Waals surface area contributed by atoms with Crippen LogP contribution in [0.4, 0.5) is 0 Å². The second-order valence-electron chi connectivity index (χ2n) is 7.82. The average molecular weight is 464 g/mol. The van der Waals surface area contributed by atoms with Crippen LogP contribution in [0.1, 0.15) is 31.7 Å². The van der Waals surface area contributed by atoms with E-state index in [-0.39, 0.29) is 31.4 Å². The molecular formula is C23H30ClN3O5. The molecule has 1 aromatic rings. The van der Waals surface area contributed by atoms with E-state index in [1.165, 1.54) is 4.90 Å². The van der Waals surface area contributed by atoms with Gasteiger partial charge in [-0.1, -0.05) is 23.7 Å². The Morgan fingerprint density at radius 2 is 2.03 bits per heavy atom. The van der Waals surface area contributed by atoms with Crippen molar-refractivity contribution >= 4 is 29.4 Å². The highest BCUT2D eigenvalue weighted by Crippen LogP contribution is 2.37. The Hall–Kier alpha value is -2.42. The number of hydrogen-bond donors (Lipinski definition) is 1. The molecule has 2 aliphatic rings. The number of allylic oxidation sites excluding steroid dienone is 1. The molecule has 9 heteroatoms. The smallest absolute Gasteiger partial charge is 0.336 e. The predicted octanol–water partition coefficient (Wildman–Crippen LogP) is 1.94. The Kier molecular flexibility index (Phi) is 8.67. The number of amides is 2. The quantitative estimate of drug-likeness (QED) is 0.593. The van der Waals surface area contributed by atoms with Crippen LogP contribution in [0, 0.1) is 0 Å². The number of benzene rings is 1. The number of nitrogens with zero attached hydrogens (tertiary/aromatic N) is 2. The Balaban J connectivity index is 1.73. The molecule has 0 radical (unpaired) electrons. The number of morpholine rings is 1. The third-order valence-electron chi connectivity index (χ3n) is 5.72. The molecular weight excluding hydrogens is 434 g/mol. The zero-order chi connectivity index (χ0) is 23.1. The highest BCUT2D eigenvalue weighted by molar-refractivity contribution is 6.30. The molecule has 0 saturated carbocycles. The average Bonchev–Trinajstić information content (AvgIpc) is 2.77. The van der Waals surface area contributed by atoms with E-state index in [9.17, 15) is 14.4 Å². The number of hydrogen-bond acceptors (Lipinski definition) is 6. The van der Waals surface area contributed by atoms with Crippen LogP contribution in [0.3, 0.4) is 0 Å². The van der Waals surface area contributed by atoms with Crippen LogP contribution >= 0.6 is 11.6 Å². The minimum atomic E-state index is -0.486. The van der Waals surface area contributed by atoms with E-state index in [4.69, 9.17) is 21.1 Å². The number of esters is 1. The fourth-order valence-electron chi connectivity index (χ4n) is 4.06. The summed E-state index contributed by atoms with van der Waals surface area (Å²) in [5.74, 6) is -1.44. The number of carbonyl (C=O) groups excluding carboxylic acids is 3. The van der Waals surface area contributed by atoms with Crippen LogP contribution in [0.2, 0.25) is 5.02 Å². The first kappa shape index (κ1) is 24.2. The molecule has 1 saturated heterocycles. The van der Waals surface area contributed by atoms with Crippen LogP contribution in [0.25, 0.3) is 0 Å². The van der Waals surface area contributed by atoms with Gasteiger partial charge in [0.1, 0.15) is 6.54 Å². The van der Waals surface area contributed by atoms with Gasteiger partial charge in [0.25, 0.3) is 0 Å². The summed E-state index contributed by atoms with van der Waals surface area (Å²) < 4.78 is 10.6. The molecule has 32 heavy (non-hydrogen) atoms. The van der Waals surface area contributed by atoms with E-state index < -0.39 is 11.9 Å². The predicted molar refractivity (Wildman–Crippen MR) is 120 cm³/mol. The van der Waals surface area contributed by atoms with Gasteiger partial charge in [0.15, 0.2) is 0 Å². The molecule has 1 aromatic carbocycles. The molecule has 2 amide bonds. The van der Waals surface area contributed by atoms with Crippen LogP contribution in [0.15, 0.2) is 35.5 Å². The van der Waals surface area contributed by atoms with Crippen LogP contribution < -0.4 is 5.32 Å². The van der Waals surface area contributed by atoms with Crippen molar-refractivity contribution in [2.24, 2.45) is 0 Å². The molecule has 1 N–H and O–H groups in total. The van der Waals surface area contributed by atoms with Gasteiger partial charge >= 0.3 is 5.97 Å². The van der Waals surface area contributed by atoms with Crippen LogP contribution in [-0.4, -0.2) is 80.1 Å². The van der Waals surface area contributed by atoms with Crippen molar-refractivity contribution in [2.45, 2.75) is 26.2 Å². The zero-order valence-corrected chi connectivity index (χ0v) is 19.3. The van der Waals surface area contributed by atoms with E-state index in [2.05, 4.69) is 10.2 Å². The van der Waals surface area contributed by atoms with Crippen molar-refractivity contribution in [3.63, 3.8) is 0 Å². The Labute approximate surface area is 193 Å². The Morgan fingerprint density at radius 1 is 1.28 bits per heavy atom. The fraction of sp³-hybridized carbons (Fsp3) is 0.522. The highest BCUT2D eigenvalue weighted by atomic mass is 35.5. The van der Waals surface area contributed by atoms with Gasteiger partial charge in [-0.25, -0.2) is 4.79 Å². The first-order valence-corrected chi connectivity index (χ1v) is 11.3. The van der Waals surface area contributed by atoms with Crippen molar-refractivity contribution in [3.8, 4) is 0 Å². The second-order valence-corrected chi connectivity index (χ2v) is 8.25. The van der Waals surface area contributed by atoms with Crippen molar-refractivity contribution < 1.29 is 23.9 Å². The monoisotopic (exact) mass is 463 g/mol. The summed E-state index contributed by atoms with van der Waals surface area (Å²) in [4.78, 5) is 41.9. The SMILES string of the molecule is CCOC(=O)C1=C(C)N(CC(=O)NCCN2CCOCC2)C(=O)CC1c1cccc(Cl)c1. The molecule has 8 nitrogen and oxygen atoms in total. The molecule has 1 unspecified atom stereocenters. The van der Waals surface area contributed by atoms with Gasteiger partial charge in [0.05, 0.1) is 25.4 Å². The maximum Gasteiger partial charge on any atom is 0.336 e. The van der Waals surface area contributed by atoms with Crippen molar-refractivity contribution in [2.75, 3.05) is 52.5 Å². The topological polar surface area (TPSA) is 88.2 Å². The van der Waals surface area contributed by atoms with Gasteiger partial charge in [-0.15, -0.1) is 0 Å². The lowest BCUT2D eigenvalue weighted by atomic mass is 9.83. The molecule has 174 valence electrons. The van der Waals surface area contributed by atoms with E-state index in [1.54, 1.807) is 32.0 Å². The molecule has 2 aliphatic heterocycles. The summed E-state index contributed by atoms with van der Waals surface area (Å²) in [7, 11) is 0. The van der Waals surface area contributed by atoms with E-state index >= 15 is 0 Å². The number of halogens is 1. The van der Waals surface area contributed by atoms with Crippen LogP contribution in [0.5, 0.6) is 0 Å². The summed E-state index contributed by atoms with van der Waals surface area (Å²) in [6.45, 7) is 7.79. The molecule has 0 aromatic heterocycles. The van der Waals surface area contributed by atoms with Crippen LogP contribution in [-0.2, 0) is 23.9 Å². The lowest BCUT2D eigenvalue weighted by Gasteiger charge is -2.34. The lowest BCUT2D eigenvalue weighted by Crippen LogP contribution is -2.46. The normalized spacial score (nSPS) is 19.8. The Bertz CT molecular complexity index is 882. The summed E-state index contributed by atoms with van der Waals surface area (Å²) in [5.41, 5.74) is 1.59. The van der Waals surface area contributed by atoms with Gasteiger partial charge in [-0.05, 0) is 31.5 Å². The van der Waals surface area contributed by atoms with Gasteiger partial charge in [-0.3, -0.25) is 14.5 Å². The first-order chi connectivity index (χ1) is 15.4. The van der Waals surface area contributed by atoms with E-state index in [1.807, 2.05) is 6.07 Å². The largest absolute Gasteiger partial charge is 0.463 e. The standard InChI is InChI=1S/C23H30ClN3O5/c1-3-32-23(30)22-16(2)27(15-20(28)25-7-8-26-9-11-31-12-10-26)21(29)14-19(22)17-5-4-6-18(24)13-17/h4-6,13,19H,3,7-12,14-15H2,1-2H3,(H,25,28). The lowest BCUT2D eigenvalue weighted by molar-refractivity contribution is -0.141. The molecule has 0 spiro atoms. The van der Waals surface area contributed by atoms with Gasteiger partial charge in [-0.2, -0.15) is 0 Å². The molecule has 1 atom stereocenters. The number of carbonyl (C=O) groups is 3. The third kappa shape index (κ3) is 6.09. The number of rotatable bonds is 8. The summed E-state index contributed by atoms with van der Waals surface area (Å²) in [6.07, 6.45) is 0.0624. The molecule has 2 heterocycles. The highest BCUT2D eigenvalue weighted by Gasteiger charge is 2.37. The minimum Gasteiger partial charge on any atom is -0.463 e. The summed E-state index contributed by atoms with van der Waals surface area (Å²) >= 11 is 6.14. The number of nitrogens with one attached hydrogen (secondary N) is 1. The fourth-order valence-corrected chi connectivity index (χ4v) is 4.26. The Morgan fingerprint density at radius 3 is 2.72 bits per heavy atom. The van der Waals surface area contributed by atoms with Gasteiger partial charge in [0, 0.05) is 49.2 Å². The maximum atomic E-state index is 13.0. The molecule has 0 aliphatic carbocycles. The van der Waals surface area contributed by atoms with Gasteiger partial charge in [0.2, 0.25) is 11.8 Å². The maximum absolute atomic E-state index is 13.0. The second kappa shape index (κ2) is 11.4. The molecule has 3 rings (SSSR count). The molecule has 1 fully saturated rings. The van der Waals surface area contributed by atoms with Gasteiger partial charge < -0.3 is 19.7 Å². The zero-order valence-electron chi connectivity index (χ0n) is 18.6. The molecule has 0 bridgehead atoms. The summed E-state index contributed by atoms with van der Waals surface area (Å²) in [5, 5.41) is 3.39. The minimum absolute atomic E-state index is 0.0624. The number of ether oxygens (including phenoxy) is 2. The summed E-state index contributed by atoms with van der Waals surface area (Å²) in [6, 6.07) is 7.11. The van der Waals surface area contributed by atoms with Crippen molar-refractivity contribution in [3.05, 3.63) is 46.1 Å². The van der Waals surface area contributed by atoms with E-state index in [0.717, 1.165) is 25.2 Å².